The molecule has 0 saturated carbocycles. The van der Waals surface area contributed by atoms with Crippen LogP contribution < -0.4 is 4.74 Å². The Bertz CT molecular complexity index is 794. The van der Waals surface area contributed by atoms with Crippen molar-refractivity contribution in [1.29, 1.82) is 0 Å². The maximum Gasteiger partial charge on any atom is 0.260 e. The number of hydrogen-bond acceptors (Lipinski definition) is 5. The fourth-order valence-electron chi connectivity index (χ4n) is 3.60. The molecule has 2 aliphatic rings. The van der Waals surface area contributed by atoms with Crippen LogP contribution in [0.2, 0.25) is 5.02 Å². The fourth-order valence-corrected chi connectivity index (χ4v) is 3.82. The van der Waals surface area contributed by atoms with Crippen LogP contribution in [0.15, 0.2) is 30.5 Å². The van der Waals surface area contributed by atoms with E-state index in [0.717, 1.165) is 24.6 Å². The van der Waals surface area contributed by atoms with Crippen molar-refractivity contribution in [1.82, 2.24) is 9.88 Å². The Balaban J connectivity index is 1.47. The number of hydrogen-bond donors (Lipinski definition) is 0. The Kier molecular flexibility index (Phi) is 5.24. The summed E-state index contributed by atoms with van der Waals surface area (Å²) >= 11 is 6.21. The zero-order valence-electron chi connectivity index (χ0n) is 14.4. The van der Waals surface area contributed by atoms with Gasteiger partial charge in [-0.05, 0) is 43.5 Å². The highest BCUT2D eigenvalue weighted by atomic mass is 35.5. The molecule has 0 N–H and O–H groups in total. The molecule has 0 aliphatic carbocycles. The zero-order valence-corrected chi connectivity index (χ0v) is 15.2. The number of piperidine rings is 1. The molecular weight excluding hydrogens is 356 g/mol. The average molecular weight is 377 g/mol. The van der Waals surface area contributed by atoms with Crippen molar-refractivity contribution in [2.75, 3.05) is 26.4 Å². The summed E-state index contributed by atoms with van der Waals surface area (Å²) < 4.78 is 17.1. The molecule has 2 fully saturated rings. The van der Waals surface area contributed by atoms with E-state index in [0.29, 0.717) is 36.0 Å². The third-order valence-corrected chi connectivity index (χ3v) is 5.19. The van der Waals surface area contributed by atoms with Crippen LogP contribution in [0, 0.1) is 0 Å². The largest absolute Gasteiger partial charge is 0.481 e. The van der Waals surface area contributed by atoms with Crippen LogP contribution in [0.1, 0.15) is 19.3 Å². The Labute approximate surface area is 157 Å². The van der Waals surface area contributed by atoms with Gasteiger partial charge in [0.1, 0.15) is 11.3 Å². The van der Waals surface area contributed by atoms with Gasteiger partial charge < -0.3 is 19.1 Å². The van der Waals surface area contributed by atoms with E-state index < -0.39 is 0 Å². The van der Waals surface area contributed by atoms with Crippen LogP contribution >= 0.6 is 11.6 Å². The monoisotopic (exact) mass is 376 g/mol. The number of likely N-dealkylation sites (tertiary alicyclic amines) is 1. The van der Waals surface area contributed by atoms with Crippen molar-refractivity contribution >= 4 is 28.4 Å². The third kappa shape index (κ3) is 3.49. The first-order valence-corrected chi connectivity index (χ1v) is 9.30. The molecule has 138 valence electrons. The van der Waals surface area contributed by atoms with E-state index >= 15 is 0 Å². The number of rotatable bonds is 4. The number of carbonyl (C=O) groups excluding carboxylic acids is 1. The summed E-state index contributed by atoms with van der Waals surface area (Å²) in [4.78, 5) is 19.0. The van der Waals surface area contributed by atoms with Gasteiger partial charge in [0.05, 0.1) is 24.3 Å². The summed E-state index contributed by atoms with van der Waals surface area (Å²) in [6.07, 6.45) is 4.31. The summed E-state index contributed by atoms with van der Waals surface area (Å²) in [5.41, 5.74) is 0.658. The predicted octanol–water partition coefficient (Wildman–Crippen LogP) is 3.02. The molecule has 0 spiro atoms. The number of nitrogens with zero attached hydrogens (tertiary/aromatic N) is 2. The lowest BCUT2D eigenvalue weighted by Gasteiger charge is -2.37. The maximum absolute atomic E-state index is 12.8. The SMILES string of the molecule is O=C(COc1ccc(Cl)c2cccnc12)N1CCCCC1C1OCCO1. The van der Waals surface area contributed by atoms with Crippen molar-refractivity contribution in [2.45, 2.75) is 31.6 Å². The zero-order chi connectivity index (χ0) is 17.9. The number of benzene rings is 1. The van der Waals surface area contributed by atoms with Gasteiger partial charge in [-0.3, -0.25) is 9.78 Å². The second kappa shape index (κ2) is 7.78. The molecule has 7 heteroatoms. The quantitative estimate of drug-likeness (QED) is 0.820. The number of aromatic nitrogens is 1. The lowest BCUT2D eigenvalue weighted by Crippen LogP contribution is -2.51. The van der Waals surface area contributed by atoms with Gasteiger partial charge in [0.25, 0.3) is 5.91 Å². The lowest BCUT2D eigenvalue weighted by atomic mass is 10.0. The van der Waals surface area contributed by atoms with Crippen LogP contribution in [0.4, 0.5) is 0 Å². The standard InChI is InChI=1S/C19H21ClN2O4/c20-14-6-7-16(18-13(14)4-3-8-21-18)26-12-17(23)22-9-2-1-5-15(22)19-24-10-11-25-19/h3-4,6-8,15,19H,1-2,5,9-12H2. The minimum absolute atomic E-state index is 0.0394. The molecule has 26 heavy (non-hydrogen) atoms. The molecule has 2 saturated heterocycles. The van der Waals surface area contributed by atoms with E-state index in [1.165, 1.54) is 0 Å². The number of carbonyl (C=O) groups is 1. The fraction of sp³-hybridized carbons (Fsp3) is 0.474. The highest BCUT2D eigenvalue weighted by Crippen LogP contribution is 2.30. The molecule has 1 atom stereocenters. The molecule has 6 nitrogen and oxygen atoms in total. The highest BCUT2D eigenvalue weighted by molar-refractivity contribution is 6.35. The van der Waals surface area contributed by atoms with E-state index in [4.69, 9.17) is 25.8 Å². The molecule has 0 radical (unpaired) electrons. The Morgan fingerprint density at radius 2 is 2.12 bits per heavy atom. The van der Waals surface area contributed by atoms with Crippen LogP contribution in [0.25, 0.3) is 10.9 Å². The molecule has 4 rings (SSSR count). The predicted molar refractivity (Wildman–Crippen MR) is 97.3 cm³/mol. The molecule has 1 aromatic heterocycles. The summed E-state index contributed by atoms with van der Waals surface area (Å²) in [5.74, 6) is 0.494. The number of halogens is 1. The van der Waals surface area contributed by atoms with Gasteiger partial charge in [0, 0.05) is 18.1 Å². The van der Waals surface area contributed by atoms with Gasteiger partial charge in [-0.1, -0.05) is 11.6 Å². The van der Waals surface area contributed by atoms with Gasteiger partial charge in [-0.15, -0.1) is 0 Å². The maximum atomic E-state index is 12.8. The molecule has 3 heterocycles. The minimum atomic E-state index is -0.322. The van der Waals surface area contributed by atoms with Gasteiger partial charge in [0.2, 0.25) is 0 Å². The summed E-state index contributed by atoms with van der Waals surface area (Å²) in [6, 6.07) is 7.18. The van der Waals surface area contributed by atoms with E-state index in [2.05, 4.69) is 4.98 Å². The minimum Gasteiger partial charge on any atom is -0.481 e. The second-order valence-corrected chi connectivity index (χ2v) is 6.90. The Morgan fingerprint density at radius 3 is 2.96 bits per heavy atom. The van der Waals surface area contributed by atoms with E-state index in [1.807, 2.05) is 17.0 Å². The smallest absolute Gasteiger partial charge is 0.260 e. The van der Waals surface area contributed by atoms with Crippen LogP contribution in [-0.4, -0.2) is 54.5 Å². The summed E-state index contributed by atoms with van der Waals surface area (Å²) in [6.45, 7) is 1.83. The van der Waals surface area contributed by atoms with Crippen molar-refractivity contribution in [2.24, 2.45) is 0 Å². The molecule has 1 amide bonds. The van der Waals surface area contributed by atoms with Gasteiger partial charge in [0.15, 0.2) is 12.9 Å². The second-order valence-electron chi connectivity index (χ2n) is 6.49. The van der Waals surface area contributed by atoms with Gasteiger partial charge in [-0.2, -0.15) is 0 Å². The van der Waals surface area contributed by atoms with Crippen LogP contribution in [0.5, 0.6) is 5.75 Å². The van der Waals surface area contributed by atoms with Crippen molar-refractivity contribution < 1.29 is 19.0 Å². The van der Waals surface area contributed by atoms with E-state index in [1.54, 1.807) is 18.3 Å². The van der Waals surface area contributed by atoms with Crippen molar-refractivity contribution in [3.63, 3.8) is 0 Å². The molecule has 2 aliphatic heterocycles. The average Bonchev–Trinajstić information content (AvgIpc) is 3.22. The van der Waals surface area contributed by atoms with E-state index in [-0.39, 0.29) is 24.8 Å². The molecule has 1 unspecified atom stereocenters. The van der Waals surface area contributed by atoms with Crippen molar-refractivity contribution in [3.05, 3.63) is 35.5 Å². The highest BCUT2D eigenvalue weighted by Gasteiger charge is 2.36. The van der Waals surface area contributed by atoms with E-state index in [9.17, 15) is 4.79 Å². The van der Waals surface area contributed by atoms with Gasteiger partial charge >= 0.3 is 0 Å². The summed E-state index contributed by atoms with van der Waals surface area (Å²) in [5, 5.41) is 1.42. The Morgan fingerprint density at radius 1 is 1.27 bits per heavy atom. The number of ether oxygens (including phenoxy) is 3. The van der Waals surface area contributed by atoms with Crippen molar-refractivity contribution in [3.8, 4) is 5.75 Å². The number of pyridine rings is 1. The first kappa shape index (κ1) is 17.5. The third-order valence-electron chi connectivity index (χ3n) is 4.86. The lowest BCUT2D eigenvalue weighted by molar-refractivity contribution is -0.152. The molecular formula is C19H21ClN2O4. The normalized spacial score (nSPS) is 21.3. The van der Waals surface area contributed by atoms with Crippen LogP contribution in [-0.2, 0) is 14.3 Å². The number of amides is 1. The molecule has 0 bridgehead atoms. The Hall–Kier alpha value is -1.89. The summed E-state index contributed by atoms with van der Waals surface area (Å²) in [7, 11) is 0. The molecule has 1 aromatic carbocycles. The van der Waals surface area contributed by atoms with Crippen LogP contribution in [0.3, 0.4) is 0 Å². The number of fused-ring (bicyclic) bond motifs is 1. The molecule has 2 aromatic rings. The first-order chi connectivity index (χ1) is 12.7. The van der Waals surface area contributed by atoms with Gasteiger partial charge in [-0.25, -0.2) is 0 Å². The first-order valence-electron chi connectivity index (χ1n) is 8.93. The topological polar surface area (TPSA) is 60.9 Å².